The summed E-state index contributed by atoms with van der Waals surface area (Å²) in [6.45, 7) is 2.65. The normalized spacial score (nSPS) is 23.8. The molecular weight excluding hydrogens is 537 g/mol. The fourth-order valence-corrected chi connectivity index (χ4v) is 3.53. The van der Waals surface area contributed by atoms with Crippen LogP contribution in [0.2, 0.25) is 0 Å². The van der Waals surface area contributed by atoms with Crippen LogP contribution >= 0.6 is 34.8 Å². The van der Waals surface area contributed by atoms with E-state index in [1.807, 2.05) is 0 Å². The Kier molecular flexibility index (Phi) is 9.19. The Bertz CT molecular complexity index is 1090. The first-order chi connectivity index (χ1) is 17.0. The lowest BCUT2D eigenvalue weighted by atomic mass is 9.98. The van der Waals surface area contributed by atoms with Gasteiger partial charge in [0.15, 0.2) is 12.2 Å². The number of ether oxygens (including phenoxy) is 5. The topological polar surface area (TPSA) is 121 Å². The zero-order valence-electron chi connectivity index (χ0n) is 19.1. The Morgan fingerprint density at radius 3 is 1.69 bits per heavy atom. The number of benzene rings is 2. The van der Waals surface area contributed by atoms with Gasteiger partial charge in [0, 0.05) is 6.92 Å². The molecule has 192 valence electrons. The number of hydrogen-bond acceptors (Lipinski definition) is 9. The fourth-order valence-electron chi connectivity index (χ4n) is 3.40. The Morgan fingerprint density at radius 2 is 1.25 bits per heavy atom. The summed E-state index contributed by atoms with van der Waals surface area (Å²) in [6, 6.07) is 16.1. The van der Waals surface area contributed by atoms with Gasteiger partial charge in [-0.25, -0.2) is 9.59 Å². The molecule has 0 aliphatic carbocycles. The van der Waals surface area contributed by atoms with Crippen LogP contribution in [0, 0.1) is 5.41 Å². The predicted molar refractivity (Wildman–Crippen MR) is 130 cm³/mol. The molecule has 0 bridgehead atoms. The smallest absolute Gasteiger partial charge is 0.338 e. The van der Waals surface area contributed by atoms with E-state index in [4.69, 9.17) is 63.9 Å². The van der Waals surface area contributed by atoms with Crippen LogP contribution in [0.25, 0.3) is 0 Å². The minimum Gasteiger partial charge on any atom is -0.454 e. The van der Waals surface area contributed by atoms with Gasteiger partial charge < -0.3 is 23.7 Å². The number of alkyl halides is 3. The van der Waals surface area contributed by atoms with Crippen molar-refractivity contribution in [3.63, 3.8) is 0 Å². The zero-order chi connectivity index (χ0) is 26.5. The minimum atomic E-state index is -2.26. The lowest BCUT2D eigenvalue weighted by Crippen LogP contribution is -2.61. The van der Waals surface area contributed by atoms with Gasteiger partial charge in [-0.1, -0.05) is 71.2 Å². The maximum Gasteiger partial charge on any atom is 0.338 e. The van der Waals surface area contributed by atoms with Crippen molar-refractivity contribution < 1.29 is 38.1 Å². The number of esters is 3. The second-order valence-electron chi connectivity index (χ2n) is 7.70. The summed E-state index contributed by atoms with van der Waals surface area (Å²) >= 11 is 17.2. The predicted octanol–water partition coefficient (Wildman–Crippen LogP) is 4.48. The van der Waals surface area contributed by atoms with Gasteiger partial charge in [-0.05, 0) is 31.2 Å². The van der Waals surface area contributed by atoms with Gasteiger partial charge in [0.2, 0.25) is 18.3 Å². The van der Waals surface area contributed by atoms with E-state index < -0.39 is 58.3 Å². The summed E-state index contributed by atoms with van der Waals surface area (Å²) in [6.07, 6.45) is -6.63. The lowest BCUT2D eigenvalue weighted by molar-refractivity contribution is -0.275. The molecule has 1 aliphatic rings. The van der Waals surface area contributed by atoms with Crippen molar-refractivity contribution in [3.05, 3.63) is 71.8 Å². The molecule has 0 unspecified atom stereocenters. The molecule has 0 amide bonds. The fraction of sp³-hybridized carbons (Fsp3) is 0.333. The van der Waals surface area contributed by atoms with E-state index in [2.05, 4.69) is 0 Å². The van der Waals surface area contributed by atoms with Crippen LogP contribution in [0.5, 0.6) is 0 Å². The number of halogens is 3. The Labute approximate surface area is 222 Å². The van der Waals surface area contributed by atoms with E-state index in [-0.39, 0.29) is 11.1 Å². The first kappa shape index (κ1) is 27.7. The standard InChI is InChI=1S/C24H22Cl3NO8/c1-13-17(34-20(30)15-9-5-3-6-10-15)18(33-14(2)29)19(22(32-13)36-23(28)24(25,26)27)35-21(31)16-11-7-4-8-12-16/h3-13,17-19,22,28H,1-2H3/t13-,17-,18+,19+,22-/m0/s1. The molecule has 0 radical (unpaired) electrons. The average Bonchev–Trinajstić information content (AvgIpc) is 2.83. The zero-order valence-corrected chi connectivity index (χ0v) is 21.3. The molecule has 1 fully saturated rings. The largest absolute Gasteiger partial charge is 0.454 e. The molecule has 0 saturated carbocycles. The summed E-state index contributed by atoms with van der Waals surface area (Å²) in [5, 5.41) is 7.93. The van der Waals surface area contributed by atoms with Crippen LogP contribution in [0.1, 0.15) is 34.6 Å². The van der Waals surface area contributed by atoms with E-state index in [9.17, 15) is 14.4 Å². The van der Waals surface area contributed by atoms with Gasteiger partial charge in [0.25, 0.3) is 3.79 Å². The van der Waals surface area contributed by atoms with Gasteiger partial charge >= 0.3 is 17.9 Å². The summed E-state index contributed by atoms with van der Waals surface area (Å²) in [5.41, 5.74) is 0.409. The third kappa shape index (κ3) is 7.10. The third-order valence-electron chi connectivity index (χ3n) is 5.03. The molecule has 36 heavy (non-hydrogen) atoms. The van der Waals surface area contributed by atoms with Crippen LogP contribution in [-0.4, -0.2) is 58.3 Å². The lowest BCUT2D eigenvalue weighted by Gasteiger charge is -2.43. The number of hydrogen-bond donors (Lipinski definition) is 1. The Morgan fingerprint density at radius 1 is 0.778 bits per heavy atom. The number of nitrogens with one attached hydrogen (secondary N) is 1. The maximum absolute atomic E-state index is 12.9. The van der Waals surface area contributed by atoms with Crippen molar-refractivity contribution >= 4 is 58.6 Å². The molecule has 9 nitrogen and oxygen atoms in total. The van der Waals surface area contributed by atoms with Gasteiger partial charge in [0.1, 0.15) is 0 Å². The molecular formula is C24H22Cl3NO8. The van der Waals surface area contributed by atoms with Crippen LogP contribution in [0.4, 0.5) is 0 Å². The van der Waals surface area contributed by atoms with Crippen molar-refractivity contribution in [2.24, 2.45) is 0 Å². The van der Waals surface area contributed by atoms with Crippen molar-refractivity contribution in [1.29, 1.82) is 5.41 Å². The van der Waals surface area contributed by atoms with E-state index in [0.29, 0.717) is 0 Å². The summed E-state index contributed by atoms with van der Waals surface area (Å²) in [7, 11) is 0. The molecule has 2 aromatic carbocycles. The second kappa shape index (κ2) is 11.9. The van der Waals surface area contributed by atoms with Crippen molar-refractivity contribution in [2.45, 2.75) is 48.3 Å². The van der Waals surface area contributed by atoms with E-state index >= 15 is 0 Å². The highest BCUT2D eigenvalue weighted by atomic mass is 35.6. The van der Waals surface area contributed by atoms with Crippen LogP contribution in [0.3, 0.4) is 0 Å². The molecule has 0 aromatic heterocycles. The number of rotatable bonds is 6. The summed E-state index contributed by atoms with van der Waals surface area (Å²) in [5.74, 6) is -3.13. The highest BCUT2D eigenvalue weighted by Crippen LogP contribution is 2.34. The van der Waals surface area contributed by atoms with Gasteiger partial charge in [-0.3, -0.25) is 10.2 Å². The highest BCUT2D eigenvalue weighted by molar-refractivity contribution is 6.76. The molecule has 3 rings (SSSR count). The second-order valence-corrected chi connectivity index (χ2v) is 9.98. The van der Waals surface area contributed by atoms with Crippen molar-refractivity contribution in [2.75, 3.05) is 0 Å². The molecule has 2 aromatic rings. The molecule has 1 saturated heterocycles. The van der Waals surface area contributed by atoms with Gasteiger partial charge in [0.05, 0.1) is 17.2 Å². The highest BCUT2D eigenvalue weighted by Gasteiger charge is 2.53. The van der Waals surface area contributed by atoms with Crippen molar-refractivity contribution in [3.8, 4) is 0 Å². The molecule has 0 spiro atoms. The van der Waals surface area contributed by atoms with Crippen LogP contribution < -0.4 is 0 Å². The van der Waals surface area contributed by atoms with Crippen LogP contribution in [-0.2, 0) is 28.5 Å². The maximum atomic E-state index is 12.9. The molecule has 12 heteroatoms. The van der Waals surface area contributed by atoms with Crippen LogP contribution in [0.15, 0.2) is 60.7 Å². The van der Waals surface area contributed by atoms with E-state index in [1.54, 1.807) is 48.5 Å². The van der Waals surface area contributed by atoms with Gasteiger partial charge in [-0.15, -0.1) is 0 Å². The molecule has 1 N–H and O–H groups in total. The Balaban J connectivity index is 1.96. The minimum absolute atomic E-state index is 0.172. The monoisotopic (exact) mass is 557 g/mol. The quantitative estimate of drug-likeness (QED) is 0.181. The first-order valence-corrected chi connectivity index (χ1v) is 11.8. The first-order valence-electron chi connectivity index (χ1n) is 10.6. The Hall–Kier alpha value is -2.85. The SMILES string of the molecule is CC(=O)O[C@@H]1[C@@H](OC(=O)c2ccccc2)[C@H](C)O[C@@H](OC(=N)C(Cl)(Cl)Cl)[C@@H]1OC(=O)c1ccccc1. The number of carbonyl (C=O) groups is 3. The average molecular weight is 559 g/mol. The summed E-state index contributed by atoms with van der Waals surface area (Å²) < 4.78 is 25.6. The van der Waals surface area contributed by atoms with Gasteiger partial charge in [-0.2, -0.15) is 0 Å². The summed E-state index contributed by atoms with van der Waals surface area (Å²) in [4.78, 5) is 37.7. The van der Waals surface area contributed by atoms with Crippen molar-refractivity contribution in [1.82, 2.24) is 0 Å². The molecule has 1 aliphatic heterocycles. The third-order valence-corrected chi connectivity index (χ3v) is 5.54. The van der Waals surface area contributed by atoms with E-state index in [0.717, 1.165) is 6.92 Å². The number of carbonyl (C=O) groups excluding carboxylic acids is 3. The molecule has 5 atom stereocenters. The molecule has 1 heterocycles. The van der Waals surface area contributed by atoms with E-state index in [1.165, 1.54) is 19.1 Å².